The van der Waals surface area contributed by atoms with E-state index in [-0.39, 0.29) is 0 Å². The summed E-state index contributed by atoms with van der Waals surface area (Å²) >= 11 is 0. The van der Waals surface area contributed by atoms with Crippen molar-refractivity contribution in [2.24, 2.45) is 7.05 Å². The molecule has 2 heterocycles. The van der Waals surface area contributed by atoms with Gasteiger partial charge in [0.2, 0.25) is 0 Å². The van der Waals surface area contributed by atoms with Crippen molar-refractivity contribution in [3.8, 4) is 5.75 Å². The fourth-order valence-electron chi connectivity index (χ4n) is 3.88. The standard InChI is InChI=1S/C19H26N4O/c1-22-11-9-20-18(22)13-21-17-8-10-23(15-6-7-15)19(17)14-4-3-5-16(12-14)24-2/h3-5,9,11-12,15,17,19,21H,6-8,10,13H2,1-2H3. The van der Waals surface area contributed by atoms with Crippen LogP contribution in [0.2, 0.25) is 0 Å². The molecular formula is C19H26N4O. The Balaban J connectivity index is 1.54. The van der Waals surface area contributed by atoms with Gasteiger partial charge in [-0.3, -0.25) is 4.90 Å². The predicted molar refractivity (Wildman–Crippen MR) is 93.9 cm³/mol. The molecular weight excluding hydrogens is 300 g/mol. The molecule has 1 aliphatic heterocycles. The summed E-state index contributed by atoms with van der Waals surface area (Å²) in [5.41, 5.74) is 1.36. The molecule has 128 valence electrons. The maximum atomic E-state index is 5.44. The fraction of sp³-hybridized carbons (Fsp3) is 0.526. The molecule has 2 atom stereocenters. The second-order valence-corrected chi connectivity index (χ2v) is 6.92. The molecule has 2 unspecified atom stereocenters. The minimum absolute atomic E-state index is 0.424. The van der Waals surface area contributed by atoms with Crippen molar-refractivity contribution in [3.63, 3.8) is 0 Å². The van der Waals surface area contributed by atoms with E-state index < -0.39 is 0 Å². The molecule has 1 N–H and O–H groups in total. The molecule has 0 bridgehead atoms. The third-order valence-corrected chi connectivity index (χ3v) is 5.33. The van der Waals surface area contributed by atoms with Gasteiger partial charge in [0.15, 0.2) is 0 Å². The van der Waals surface area contributed by atoms with Gasteiger partial charge in [0.25, 0.3) is 0 Å². The minimum Gasteiger partial charge on any atom is -0.497 e. The van der Waals surface area contributed by atoms with Crippen LogP contribution in [0.5, 0.6) is 5.75 Å². The lowest BCUT2D eigenvalue weighted by Crippen LogP contribution is -2.37. The van der Waals surface area contributed by atoms with Crippen LogP contribution in [0.4, 0.5) is 0 Å². The van der Waals surface area contributed by atoms with Crippen molar-refractivity contribution in [3.05, 3.63) is 48.0 Å². The van der Waals surface area contributed by atoms with E-state index in [9.17, 15) is 0 Å². The van der Waals surface area contributed by atoms with E-state index in [1.54, 1.807) is 7.11 Å². The van der Waals surface area contributed by atoms with Crippen LogP contribution in [0, 0.1) is 0 Å². The molecule has 2 aliphatic rings. The van der Waals surface area contributed by atoms with Gasteiger partial charge < -0.3 is 14.6 Å². The molecule has 0 amide bonds. The Morgan fingerprint density at radius 1 is 1.29 bits per heavy atom. The second-order valence-electron chi connectivity index (χ2n) is 6.92. The molecule has 5 nitrogen and oxygen atoms in total. The average Bonchev–Trinajstić information content (AvgIpc) is 3.24. The first-order valence-corrected chi connectivity index (χ1v) is 8.85. The van der Waals surface area contributed by atoms with Crippen LogP contribution in [0.25, 0.3) is 0 Å². The zero-order chi connectivity index (χ0) is 16.5. The normalized spacial score (nSPS) is 24.4. The highest BCUT2D eigenvalue weighted by atomic mass is 16.5. The number of hydrogen-bond donors (Lipinski definition) is 1. The molecule has 2 fully saturated rings. The number of likely N-dealkylation sites (tertiary alicyclic amines) is 1. The molecule has 1 aromatic carbocycles. The Kier molecular flexibility index (Phi) is 4.29. The molecule has 4 rings (SSSR count). The van der Waals surface area contributed by atoms with Crippen molar-refractivity contribution in [2.45, 2.75) is 43.9 Å². The van der Waals surface area contributed by atoms with E-state index in [1.165, 1.54) is 31.4 Å². The van der Waals surface area contributed by atoms with Gasteiger partial charge in [-0.2, -0.15) is 0 Å². The Bertz CT molecular complexity index is 694. The highest BCUT2D eigenvalue weighted by molar-refractivity contribution is 5.32. The molecule has 1 saturated heterocycles. The number of aromatic nitrogens is 2. The number of rotatable bonds is 6. The molecule has 1 saturated carbocycles. The maximum absolute atomic E-state index is 5.44. The highest BCUT2D eigenvalue weighted by Gasteiger charge is 2.42. The van der Waals surface area contributed by atoms with Crippen LogP contribution in [-0.4, -0.2) is 40.2 Å². The zero-order valence-corrected chi connectivity index (χ0v) is 14.5. The summed E-state index contributed by atoms with van der Waals surface area (Å²) < 4.78 is 7.53. The molecule has 0 radical (unpaired) electrons. The Hall–Kier alpha value is -1.85. The lowest BCUT2D eigenvalue weighted by atomic mass is 9.99. The van der Waals surface area contributed by atoms with Crippen molar-refractivity contribution < 1.29 is 4.74 Å². The van der Waals surface area contributed by atoms with E-state index in [2.05, 4.69) is 45.0 Å². The second kappa shape index (κ2) is 6.57. The summed E-state index contributed by atoms with van der Waals surface area (Å²) in [5.74, 6) is 2.03. The number of ether oxygens (including phenoxy) is 1. The number of benzene rings is 1. The number of imidazole rings is 1. The summed E-state index contributed by atoms with van der Waals surface area (Å²) in [6.45, 7) is 1.98. The van der Waals surface area contributed by atoms with Gasteiger partial charge in [-0.15, -0.1) is 0 Å². The zero-order valence-electron chi connectivity index (χ0n) is 14.5. The lowest BCUT2D eigenvalue weighted by molar-refractivity contribution is 0.225. The highest BCUT2D eigenvalue weighted by Crippen LogP contribution is 2.41. The van der Waals surface area contributed by atoms with Gasteiger partial charge in [-0.25, -0.2) is 4.98 Å². The maximum Gasteiger partial charge on any atom is 0.122 e. The van der Waals surface area contributed by atoms with Crippen LogP contribution >= 0.6 is 0 Å². The van der Waals surface area contributed by atoms with E-state index in [4.69, 9.17) is 4.74 Å². The summed E-state index contributed by atoms with van der Waals surface area (Å²) in [6.07, 6.45) is 7.73. The largest absolute Gasteiger partial charge is 0.497 e. The van der Waals surface area contributed by atoms with Crippen LogP contribution in [0.1, 0.15) is 36.7 Å². The van der Waals surface area contributed by atoms with E-state index in [0.29, 0.717) is 12.1 Å². The number of hydrogen-bond acceptors (Lipinski definition) is 4. The Morgan fingerprint density at radius 3 is 2.88 bits per heavy atom. The average molecular weight is 326 g/mol. The fourth-order valence-corrected chi connectivity index (χ4v) is 3.88. The summed E-state index contributed by atoms with van der Waals surface area (Å²) in [7, 11) is 3.79. The van der Waals surface area contributed by atoms with Crippen LogP contribution in [-0.2, 0) is 13.6 Å². The third kappa shape index (κ3) is 3.06. The van der Waals surface area contributed by atoms with Gasteiger partial charge in [-0.05, 0) is 37.0 Å². The number of methoxy groups -OCH3 is 1. The van der Waals surface area contributed by atoms with Crippen LogP contribution < -0.4 is 10.1 Å². The van der Waals surface area contributed by atoms with Crippen LogP contribution in [0.15, 0.2) is 36.7 Å². The molecule has 0 spiro atoms. The topological polar surface area (TPSA) is 42.3 Å². The van der Waals surface area contributed by atoms with Gasteiger partial charge >= 0.3 is 0 Å². The SMILES string of the molecule is COc1cccc(C2C(NCc3nccn3C)CCN2C2CC2)c1. The van der Waals surface area contributed by atoms with E-state index in [0.717, 1.165) is 24.2 Å². The summed E-state index contributed by atoms with van der Waals surface area (Å²) in [5, 5.41) is 3.76. The third-order valence-electron chi connectivity index (χ3n) is 5.33. The first-order valence-electron chi connectivity index (χ1n) is 8.85. The lowest BCUT2D eigenvalue weighted by Gasteiger charge is -2.29. The van der Waals surface area contributed by atoms with Crippen molar-refractivity contribution in [1.82, 2.24) is 19.8 Å². The summed E-state index contributed by atoms with van der Waals surface area (Å²) in [6, 6.07) is 10.2. The number of nitrogens with one attached hydrogen (secondary N) is 1. The Morgan fingerprint density at radius 2 is 2.17 bits per heavy atom. The van der Waals surface area contributed by atoms with Crippen molar-refractivity contribution in [2.75, 3.05) is 13.7 Å². The first kappa shape index (κ1) is 15.7. The smallest absolute Gasteiger partial charge is 0.122 e. The molecule has 1 aliphatic carbocycles. The van der Waals surface area contributed by atoms with Gasteiger partial charge in [0.05, 0.1) is 19.7 Å². The van der Waals surface area contributed by atoms with Gasteiger partial charge in [0, 0.05) is 38.1 Å². The molecule has 24 heavy (non-hydrogen) atoms. The van der Waals surface area contributed by atoms with Crippen LogP contribution in [0.3, 0.4) is 0 Å². The van der Waals surface area contributed by atoms with Gasteiger partial charge in [0.1, 0.15) is 11.6 Å². The number of aryl methyl sites for hydroxylation is 1. The Labute approximate surface area is 143 Å². The monoisotopic (exact) mass is 326 g/mol. The quantitative estimate of drug-likeness (QED) is 0.886. The molecule has 5 heteroatoms. The van der Waals surface area contributed by atoms with Crippen molar-refractivity contribution in [1.29, 1.82) is 0 Å². The summed E-state index contributed by atoms with van der Waals surface area (Å²) in [4.78, 5) is 7.12. The molecule has 2 aromatic rings. The van der Waals surface area contributed by atoms with Crippen molar-refractivity contribution >= 4 is 0 Å². The van der Waals surface area contributed by atoms with E-state index >= 15 is 0 Å². The minimum atomic E-state index is 0.424. The molecule has 1 aromatic heterocycles. The van der Waals surface area contributed by atoms with E-state index in [1.807, 2.05) is 18.5 Å². The van der Waals surface area contributed by atoms with Gasteiger partial charge in [-0.1, -0.05) is 12.1 Å². The predicted octanol–water partition coefficient (Wildman–Crippen LogP) is 2.50. The number of nitrogens with zero attached hydrogens (tertiary/aromatic N) is 3. The first-order chi connectivity index (χ1) is 11.8.